The van der Waals surface area contributed by atoms with Gasteiger partial charge in [0.15, 0.2) is 0 Å². The highest BCUT2D eigenvalue weighted by Crippen LogP contribution is 2.26. The van der Waals surface area contributed by atoms with Crippen LogP contribution in [0.5, 0.6) is 0 Å². The second kappa shape index (κ2) is 8.23. The second-order valence-corrected chi connectivity index (χ2v) is 9.95. The lowest BCUT2D eigenvalue weighted by molar-refractivity contribution is 0.0702. The summed E-state index contributed by atoms with van der Waals surface area (Å²) in [5, 5.41) is 1.16. The lowest BCUT2D eigenvalue weighted by Crippen LogP contribution is -2.50. The van der Waals surface area contributed by atoms with Gasteiger partial charge < -0.3 is 4.90 Å². The molecule has 0 bridgehead atoms. The minimum absolute atomic E-state index is 0.121. The highest BCUT2D eigenvalue weighted by Gasteiger charge is 2.31. The van der Waals surface area contributed by atoms with E-state index in [2.05, 4.69) is 4.98 Å². The van der Waals surface area contributed by atoms with Crippen molar-refractivity contribution in [3.05, 3.63) is 70.7 Å². The molecule has 150 valence electrons. The first kappa shape index (κ1) is 20.0. The van der Waals surface area contributed by atoms with E-state index in [9.17, 15) is 13.2 Å². The molecule has 3 aromatic rings. The standard InChI is InChI=1S/C20H18ClN3O3S2/c21-16-7-4-8-17(13-16)29(26,27)24-11-9-23(10-12-24)20(25)18-14-22-19(28-18)15-5-2-1-3-6-15/h1-8,13-14H,9-12H2. The van der Waals surface area contributed by atoms with E-state index < -0.39 is 10.0 Å². The maximum Gasteiger partial charge on any atom is 0.265 e. The summed E-state index contributed by atoms with van der Waals surface area (Å²) in [5.41, 5.74) is 0.967. The van der Waals surface area contributed by atoms with Crippen molar-refractivity contribution in [1.29, 1.82) is 0 Å². The molecule has 29 heavy (non-hydrogen) atoms. The molecule has 0 spiro atoms. The zero-order valence-electron chi connectivity index (χ0n) is 15.4. The number of amides is 1. The van der Waals surface area contributed by atoms with Crippen LogP contribution in [0, 0.1) is 0 Å². The Hall–Kier alpha value is -2.26. The van der Waals surface area contributed by atoms with Crippen LogP contribution in [-0.4, -0.2) is 54.7 Å². The van der Waals surface area contributed by atoms with Gasteiger partial charge in [0.25, 0.3) is 5.91 Å². The van der Waals surface area contributed by atoms with Gasteiger partial charge in [-0.1, -0.05) is 48.0 Å². The van der Waals surface area contributed by atoms with E-state index in [4.69, 9.17) is 11.6 Å². The van der Waals surface area contributed by atoms with Crippen LogP contribution >= 0.6 is 22.9 Å². The number of carbonyl (C=O) groups is 1. The van der Waals surface area contributed by atoms with Gasteiger partial charge in [0, 0.05) is 36.8 Å². The molecule has 2 heterocycles. The maximum atomic E-state index is 12.8. The number of halogens is 1. The summed E-state index contributed by atoms with van der Waals surface area (Å²) in [4.78, 5) is 19.6. The predicted molar refractivity (Wildman–Crippen MR) is 114 cm³/mol. The Kier molecular flexibility index (Phi) is 5.69. The van der Waals surface area contributed by atoms with E-state index >= 15 is 0 Å². The molecule has 0 saturated carbocycles. The molecule has 4 rings (SSSR count). The summed E-state index contributed by atoms with van der Waals surface area (Å²) in [7, 11) is -3.63. The summed E-state index contributed by atoms with van der Waals surface area (Å²) in [6.07, 6.45) is 1.59. The number of piperazine rings is 1. The zero-order valence-corrected chi connectivity index (χ0v) is 17.8. The van der Waals surface area contributed by atoms with E-state index in [1.807, 2.05) is 30.3 Å². The Balaban J connectivity index is 1.43. The van der Waals surface area contributed by atoms with Crippen LogP contribution in [0.1, 0.15) is 9.67 Å². The largest absolute Gasteiger partial charge is 0.335 e. The van der Waals surface area contributed by atoms with Crippen molar-refractivity contribution in [2.45, 2.75) is 4.90 Å². The maximum absolute atomic E-state index is 12.8. The average molecular weight is 448 g/mol. The summed E-state index contributed by atoms with van der Waals surface area (Å²) in [6.45, 7) is 1.14. The Labute approximate surface area is 178 Å². The summed E-state index contributed by atoms with van der Waals surface area (Å²) < 4.78 is 27.0. The van der Waals surface area contributed by atoms with E-state index in [0.717, 1.165) is 10.6 Å². The third-order valence-electron chi connectivity index (χ3n) is 4.70. The van der Waals surface area contributed by atoms with Gasteiger partial charge in [0.05, 0.1) is 11.1 Å². The highest BCUT2D eigenvalue weighted by molar-refractivity contribution is 7.89. The van der Waals surface area contributed by atoms with E-state index in [1.165, 1.54) is 27.8 Å². The highest BCUT2D eigenvalue weighted by atomic mass is 35.5. The lowest BCUT2D eigenvalue weighted by atomic mass is 10.2. The number of carbonyl (C=O) groups excluding carboxylic acids is 1. The number of benzene rings is 2. The van der Waals surface area contributed by atoms with Crippen LogP contribution < -0.4 is 0 Å². The average Bonchev–Trinajstić information content (AvgIpc) is 3.24. The van der Waals surface area contributed by atoms with Crippen LogP contribution in [0.25, 0.3) is 10.6 Å². The molecule has 1 aliphatic heterocycles. The van der Waals surface area contributed by atoms with Crippen molar-refractivity contribution in [1.82, 2.24) is 14.2 Å². The van der Waals surface area contributed by atoms with Crippen LogP contribution in [0.3, 0.4) is 0 Å². The summed E-state index contributed by atoms with van der Waals surface area (Å²) in [6, 6.07) is 15.9. The van der Waals surface area contributed by atoms with Crippen LogP contribution in [0.4, 0.5) is 0 Å². The molecular weight excluding hydrogens is 430 g/mol. The van der Waals surface area contributed by atoms with Crippen molar-refractivity contribution in [2.24, 2.45) is 0 Å². The fraction of sp³-hybridized carbons (Fsp3) is 0.200. The first-order valence-electron chi connectivity index (χ1n) is 9.01. The molecule has 1 aromatic heterocycles. The molecule has 6 nitrogen and oxygen atoms in total. The molecule has 0 radical (unpaired) electrons. The second-order valence-electron chi connectivity index (χ2n) is 6.55. The van der Waals surface area contributed by atoms with E-state index in [0.29, 0.717) is 23.0 Å². The SMILES string of the molecule is O=C(c1cnc(-c2ccccc2)s1)N1CCN(S(=O)(=O)c2cccc(Cl)c2)CC1. The monoisotopic (exact) mass is 447 g/mol. The number of sulfonamides is 1. The fourth-order valence-electron chi connectivity index (χ4n) is 3.15. The Morgan fingerprint density at radius 3 is 2.41 bits per heavy atom. The van der Waals surface area contributed by atoms with Crippen LogP contribution in [-0.2, 0) is 10.0 Å². The van der Waals surface area contributed by atoms with Crippen LogP contribution in [0.15, 0.2) is 65.7 Å². The molecule has 0 atom stereocenters. The topological polar surface area (TPSA) is 70.6 Å². The van der Waals surface area contributed by atoms with Gasteiger partial charge in [0.2, 0.25) is 10.0 Å². The van der Waals surface area contributed by atoms with E-state index in [1.54, 1.807) is 23.2 Å². The number of hydrogen-bond donors (Lipinski definition) is 0. The van der Waals surface area contributed by atoms with Gasteiger partial charge in [-0.2, -0.15) is 4.31 Å². The minimum Gasteiger partial charge on any atom is -0.335 e. The summed E-state index contributed by atoms with van der Waals surface area (Å²) >= 11 is 7.27. The van der Waals surface area contributed by atoms with Gasteiger partial charge in [-0.15, -0.1) is 11.3 Å². The molecule has 1 saturated heterocycles. The molecule has 0 N–H and O–H groups in total. The van der Waals surface area contributed by atoms with Crippen molar-refractivity contribution in [3.8, 4) is 10.6 Å². The lowest BCUT2D eigenvalue weighted by Gasteiger charge is -2.33. The Morgan fingerprint density at radius 1 is 1.00 bits per heavy atom. The zero-order chi connectivity index (χ0) is 20.4. The number of nitrogens with zero attached hydrogens (tertiary/aromatic N) is 3. The van der Waals surface area contributed by atoms with E-state index in [-0.39, 0.29) is 23.9 Å². The van der Waals surface area contributed by atoms with Gasteiger partial charge in [-0.25, -0.2) is 13.4 Å². The quantitative estimate of drug-likeness (QED) is 0.612. The molecule has 1 aliphatic rings. The first-order chi connectivity index (χ1) is 13.9. The van der Waals surface area contributed by atoms with Gasteiger partial charge in [0.1, 0.15) is 9.88 Å². The third-order valence-corrected chi connectivity index (χ3v) is 7.86. The van der Waals surface area contributed by atoms with Crippen molar-refractivity contribution >= 4 is 38.9 Å². The van der Waals surface area contributed by atoms with Gasteiger partial charge >= 0.3 is 0 Å². The van der Waals surface area contributed by atoms with Crippen molar-refractivity contribution in [3.63, 3.8) is 0 Å². The summed E-state index contributed by atoms with van der Waals surface area (Å²) in [5.74, 6) is -0.121. The molecule has 0 aliphatic carbocycles. The molecule has 1 fully saturated rings. The molecular formula is C20H18ClN3O3S2. The smallest absolute Gasteiger partial charge is 0.265 e. The predicted octanol–water partition coefficient (Wildman–Crippen LogP) is 3.61. The van der Waals surface area contributed by atoms with Crippen molar-refractivity contribution < 1.29 is 13.2 Å². The minimum atomic E-state index is -3.63. The number of aromatic nitrogens is 1. The Morgan fingerprint density at radius 2 is 1.72 bits per heavy atom. The number of rotatable bonds is 4. The van der Waals surface area contributed by atoms with Crippen molar-refractivity contribution in [2.75, 3.05) is 26.2 Å². The fourth-order valence-corrected chi connectivity index (χ4v) is 5.76. The third kappa shape index (κ3) is 4.20. The molecule has 1 amide bonds. The molecule has 9 heteroatoms. The van der Waals surface area contributed by atoms with Gasteiger partial charge in [-0.3, -0.25) is 4.79 Å². The number of thiazole rings is 1. The molecule has 2 aromatic carbocycles. The number of hydrogen-bond acceptors (Lipinski definition) is 5. The normalized spacial score (nSPS) is 15.4. The first-order valence-corrected chi connectivity index (χ1v) is 11.6. The van der Waals surface area contributed by atoms with Gasteiger partial charge in [-0.05, 0) is 18.2 Å². The van der Waals surface area contributed by atoms with Crippen LogP contribution in [0.2, 0.25) is 5.02 Å². The molecule has 0 unspecified atom stereocenters. The Bertz CT molecular complexity index is 1120.